The van der Waals surface area contributed by atoms with Crippen LogP contribution in [0.4, 0.5) is 23.1 Å². The van der Waals surface area contributed by atoms with Gasteiger partial charge < -0.3 is 24.9 Å². The standard InChI is InChI=1S/C21H21N5O4/c1-11-6-14(8-18(29-3)15(11)10-27)24-20-22-9-12(2)19(26-20)23-13-4-5-17-16(7-13)25-21(28)30-17/h4-9,27H,10H2,1-3H3,(H,25,28)(H2,22,23,24,26)/i2D3. The maximum atomic E-state index is 11.4. The van der Waals surface area contributed by atoms with E-state index in [0.717, 1.165) is 5.56 Å². The van der Waals surface area contributed by atoms with Gasteiger partial charge in [0.15, 0.2) is 5.58 Å². The van der Waals surface area contributed by atoms with Gasteiger partial charge in [0.1, 0.15) is 11.6 Å². The van der Waals surface area contributed by atoms with E-state index in [1.807, 2.05) is 6.92 Å². The van der Waals surface area contributed by atoms with Crippen molar-refractivity contribution in [3.05, 3.63) is 63.8 Å². The predicted molar refractivity (Wildman–Crippen MR) is 114 cm³/mol. The number of ether oxygens (including phenoxy) is 1. The summed E-state index contributed by atoms with van der Waals surface area (Å²) in [5.41, 5.74) is 3.34. The highest BCUT2D eigenvalue weighted by atomic mass is 16.5. The molecule has 0 saturated heterocycles. The molecule has 4 N–H and O–H groups in total. The van der Waals surface area contributed by atoms with Crippen LogP contribution in [0.15, 0.2) is 45.7 Å². The topological polar surface area (TPSA) is 125 Å². The van der Waals surface area contributed by atoms with Gasteiger partial charge in [-0.1, -0.05) is 0 Å². The number of methoxy groups -OCH3 is 1. The van der Waals surface area contributed by atoms with Gasteiger partial charge >= 0.3 is 5.76 Å². The second kappa shape index (κ2) is 7.88. The third-order valence-corrected chi connectivity index (χ3v) is 4.54. The molecule has 2 heterocycles. The Hall–Kier alpha value is -3.85. The molecule has 154 valence electrons. The van der Waals surface area contributed by atoms with Crippen molar-refractivity contribution in [2.75, 3.05) is 17.7 Å². The van der Waals surface area contributed by atoms with Crippen LogP contribution in [-0.4, -0.2) is 27.2 Å². The third kappa shape index (κ3) is 3.83. The molecule has 0 bridgehead atoms. The lowest BCUT2D eigenvalue weighted by atomic mass is 10.1. The number of rotatable bonds is 6. The lowest BCUT2D eigenvalue weighted by Crippen LogP contribution is -2.04. The molecule has 9 nitrogen and oxygen atoms in total. The first kappa shape index (κ1) is 16.0. The van der Waals surface area contributed by atoms with E-state index in [1.54, 1.807) is 30.3 Å². The number of aromatic nitrogens is 3. The molecule has 0 amide bonds. The number of aliphatic hydroxyl groups is 1. The van der Waals surface area contributed by atoms with Gasteiger partial charge in [0.25, 0.3) is 0 Å². The molecule has 0 atom stereocenters. The SMILES string of the molecule is [2H]C([2H])([2H])c1cnc(Nc2cc(C)c(CO)c(OC)c2)nc1Nc1ccc2oc(=O)[nH]c2c1. The second-order valence-corrected chi connectivity index (χ2v) is 6.56. The Bertz CT molecular complexity index is 1380. The monoisotopic (exact) mass is 410 g/mol. The number of aliphatic hydroxyl groups excluding tert-OH is 1. The third-order valence-electron chi connectivity index (χ3n) is 4.54. The number of nitrogens with zero attached hydrogens (tertiary/aromatic N) is 2. The Morgan fingerprint density at radius 3 is 2.87 bits per heavy atom. The Labute approximate surface area is 176 Å². The number of nitrogens with one attached hydrogen (secondary N) is 3. The summed E-state index contributed by atoms with van der Waals surface area (Å²) in [7, 11) is 1.51. The molecular formula is C21H21N5O4. The van der Waals surface area contributed by atoms with E-state index in [0.29, 0.717) is 33.8 Å². The van der Waals surface area contributed by atoms with Crippen LogP contribution in [0.2, 0.25) is 0 Å². The van der Waals surface area contributed by atoms with Crippen molar-refractivity contribution in [3.63, 3.8) is 0 Å². The van der Waals surface area contributed by atoms with Crippen molar-refractivity contribution in [1.82, 2.24) is 15.0 Å². The fraction of sp³-hybridized carbons (Fsp3) is 0.190. The molecular weight excluding hydrogens is 386 g/mol. The summed E-state index contributed by atoms with van der Waals surface area (Å²) in [5.74, 6) is 0.145. The number of oxazole rings is 1. The molecule has 4 aromatic rings. The normalized spacial score (nSPS) is 12.8. The Balaban J connectivity index is 1.70. The number of H-pyrrole nitrogens is 1. The molecule has 0 fully saturated rings. The van der Waals surface area contributed by atoms with Crippen molar-refractivity contribution in [2.24, 2.45) is 0 Å². The average molecular weight is 410 g/mol. The molecule has 30 heavy (non-hydrogen) atoms. The van der Waals surface area contributed by atoms with Gasteiger partial charge in [0.2, 0.25) is 5.95 Å². The first-order chi connectivity index (χ1) is 15.7. The summed E-state index contributed by atoms with van der Waals surface area (Å²) >= 11 is 0. The molecule has 0 aliphatic rings. The van der Waals surface area contributed by atoms with E-state index in [4.69, 9.17) is 13.3 Å². The predicted octanol–water partition coefficient (Wildman–Crippen LogP) is 3.52. The number of anilines is 4. The smallest absolute Gasteiger partial charge is 0.417 e. The Kier molecular flexibility index (Phi) is 4.20. The summed E-state index contributed by atoms with van der Waals surface area (Å²) in [6, 6.07) is 8.32. The van der Waals surface area contributed by atoms with Crippen LogP contribution >= 0.6 is 0 Å². The lowest BCUT2D eigenvalue weighted by molar-refractivity contribution is 0.273. The fourth-order valence-electron chi connectivity index (χ4n) is 3.07. The van der Waals surface area contributed by atoms with Crippen molar-refractivity contribution >= 4 is 34.2 Å². The van der Waals surface area contributed by atoms with Crippen molar-refractivity contribution in [2.45, 2.75) is 20.4 Å². The highest BCUT2D eigenvalue weighted by Gasteiger charge is 2.11. The van der Waals surface area contributed by atoms with E-state index < -0.39 is 12.6 Å². The van der Waals surface area contributed by atoms with Gasteiger partial charge in [-0.2, -0.15) is 4.98 Å². The molecule has 2 aromatic heterocycles. The highest BCUT2D eigenvalue weighted by Crippen LogP contribution is 2.29. The molecule has 0 radical (unpaired) electrons. The molecule has 0 aliphatic heterocycles. The number of aryl methyl sites for hydroxylation is 2. The Morgan fingerprint density at radius 2 is 2.10 bits per heavy atom. The van der Waals surface area contributed by atoms with Crippen LogP contribution in [-0.2, 0) is 6.61 Å². The molecule has 2 aromatic carbocycles. The van der Waals surface area contributed by atoms with Gasteiger partial charge in [0, 0.05) is 38.9 Å². The van der Waals surface area contributed by atoms with E-state index in [-0.39, 0.29) is 23.9 Å². The van der Waals surface area contributed by atoms with Crippen LogP contribution in [0.1, 0.15) is 20.8 Å². The maximum Gasteiger partial charge on any atom is 0.417 e. The minimum Gasteiger partial charge on any atom is -0.496 e. The summed E-state index contributed by atoms with van der Waals surface area (Å²) in [6.45, 7) is -0.794. The molecule has 9 heteroatoms. The van der Waals surface area contributed by atoms with E-state index in [2.05, 4.69) is 25.6 Å². The van der Waals surface area contributed by atoms with Gasteiger partial charge in [-0.3, -0.25) is 4.98 Å². The summed E-state index contributed by atoms with van der Waals surface area (Å²) in [6.07, 6.45) is 1.23. The number of fused-ring (bicyclic) bond motifs is 1. The summed E-state index contributed by atoms with van der Waals surface area (Å²) in [4.78, 5) is 22.5. The highest BCUT2D eigenvalue weighted by molar-refractivity contribution is 5.78. The first-order valence-corrected chi connectivity index (χ1v) is 9.00. The molecule has 0 saturated carbocycles. The zero-order valence-corrected chi connectivity index (χ0v) is 16.2. The number of hydrogen-bond donors (Lipinski definition) is 4. The summed E-state index contributed by atoms with van der Waals surface area (Å²) < 4.78 is 33.8. The maximum absolute atomic E-state index is 11.4. The van der Waals surface area contributed by atoms with Crippen LogP contribution in [0.25, 0.3) is 11.1 Å². The van der Waals surface area contributed by atoms with Crippen LogP contribution in [0, 0.1) is 13.8 Å². The van der Waals surface area contributed by atoms with Gasteiger partial charge in [-0.25, -0.2) is 9.78 Å². The number of aromatic amines is 1. The van der Waals surface area contributed by atoms with Crippen molar-refractivity contribution in [3.8, 4) is 5.75 Å². The van der Waals surface area contributed by atoms with Gasteiger partial charge in [-0.05, 0) is 43.6 Å². The van der Waals surface area contributed by atoms with Crippen LogP contribution in [0.3, 0.4) is 0 Å². The molecule has 0 unspecified atom stereocenters. The number of hydrogen-bond acceptors (Lipinski definition) is 8. The van der Waals surface area contributed by atoms with Crippen LogP contribution in [0.5, 0.6) is 5.75 Å². The largest absolute Gasteiger partial charge is 0.496 e. The minimum atomic E-state index is -2.46. The average Bonchev–Trinajstić information content (AvgIpc) is 3.12. The number of benzene rings is 2. The van der Waals surface area contributed by atoms with E-state index >= 15 is 0 Å². The second-order valence-electron chi connectivity index (χ2n) is 6.56. The van der Waals surface area contributed by atoms with Gasteiger partial charge in [-0.15, -0.1) is 0 Å². The van der Waals surface area contributed by atoms with Gasteiger partial charge in [0.05, 0.1) is 19.2 Å². The zero-order valence-electron chi connectivity index (χ0n) is 19.2. The zero-order chi connectivity index (χ0) is 23.8. The lowest BCUT2D eigenvalue weighted by Gasteiger charge is -2.14. The summed E-state index contributed by atoms with van der Waals surface area (Å²) in [5, 5.41) is 15.6. The molecule has 0 spiro atoms. The fourth-order valence-corrected chi connectivity index (χ4v) is 3.07. The Morgan fingerprint density at radius 1 is 1.23 bits per heavy atom. The minimum absolute atomic E-state index is 0.0711. The first-order valence-electron chi connectivity index (χ1n) is 10.5. The van der Waals surface area contributed by atoms with E-state index in [9.17, 15) is 9.90 Å². The van der Waals surface area contributed by atoms with E-state index in [1.165, 1.54) is 13.3 Å². The quantitative estimate of drug-likeness (QED) is 0.380. The van der Waals surface area contributed by atoms with Crippen molar-refractivity contribution in [1.29, 1.82) is 0 Å². The molecule has 0 aliphatic carbocycles. The molecule has 4 rings (SSSR count). The van der Waals surface area contributed by atoms with Crippen LogP contribution < -0.4 is 21.1 Å². The van der Waals surface area contributed by atoms with Crippen molar-refractivity contribution < 1.29 is 18.4 Å².